The lowest BCUT2D eigenvalue weighted by molar-refractivity contribution is 0.221. The van der Waals surface area contributed by atoms with Crippen molar-refractivity contribution >= 4 is 5.69 Å². The summed E-state index contributed by atoms with van der Waals surface area (Å²) in [6.45, 7) is 10.2. The first-order valence-corrected chi connectivity index (χ1v) is 3.83. The van der Waals surface area contributed by atoms with E-state index in [1.807, 2.05) is 0 Å². The highest BCUT2D eigenvalue weighted by Crippen LogP contribution is 2.20. The Kier molecular flexibility index (Phi) is 2.80. The van der Waals surface area contributed by atoms with E-state index in [4.69, 9.17) is 11.3 Å². The van der Waals surface area contributed by atoms with E-state index in [1.165, 1.54) is 6.20 Å². The van der Waals surface area contributed by atoms with Crippen LogP contribution in [-0.2, 0) is 0 Å². The van der Waals surface area contributed by atoms with Gasteiger partial charge in [-0.25, -0.2) is 14.2 Å². The molecule has 0 amide bonds. The van der Waals surface area contributed by atoms with Crippen LogP contribution >= 0.6 is 0 Å². The number of pyridine rings is 1. The molecule has 0 radical (unpaired) electrons. The van der Waals surface area contributed by atoms with Crippen molar-refractivity contribution in [2.45, 2.75) is 20.0 Å². The predicted molar refractivity (Wildman–Crippen MR) is 46.2 cm³/mol. The zero-order valence-electron chi connectivity index (χ0n) is 7.41. The summed E-state index contributed by atoms with van der Waals surface area (Å²) in [7, 11) is 0. The third kappa shape index (κ3) is 2.41. The second-order valence-corrected chi connectivity index (χ2v) is 2.76. The molecule has 0 fully saturated rings. The molecule has 1 rings (SSSR count). The van der Waals surface area contributed by atoms with Gasteiger partial charge < -0.3 is 4.74 Å². The Bertz CT molecular complexity index is 344. The predicted octanol–water partition coefficient (Wildman–Crippen LogP) is 2.56. The van der Waals surface area contributed by atoms with Crippen LogP contribution in [0.15, 0.2) is 12.3 Å². The Balaban J connectivity index is 2.93. The average Bonchev–Trinajstić information content (AvgIpc) is 2.08. The van der Waals surface area contributed by atoms with E-state index in [9.17, 15) is 4.39 Å². The van der Waals surface area contributed by atoms with Crippen LogP contribution in [0.2, 0.25) is 0 Å². The Morgan fingerprint density at radius 3 is 2.77 bits per heavy atom. The molecule has 0 aliphatic carbocycles. The van der Waals surface area contributed by atoms with Crippen molar-refractivity contribution in [3.8, 4) is 5.88 Å². The van der Waals surface area contributed by atoms with Gasteiger partial charge in [0, 0.05) is 6.20 Å². The molecule has 4 heteroatoms. The van der Waals surface area contributed by atoms with Crippen LogP contribution in [0.4, 0.5) is 10.1 Å². The summed E-state index contributed by atoms with van der Waals surface area (Å²) in [5.74, 6) is -0.649. The molecular formula is C9H9FN2O. The van der Waals surface area contributed by atoms with Crippen LogP contribution in [0.25, 0.3) is 4.85 Å². The largest absolute Gasteiger partial charge is 0.473 e. The van der Waals surface area contributed by atoms with Gasteiger partial charge in [0.25, 0.3) is 0 Å². The minimum Gasteiger partial charge on any atom is -0.473 e. The van der Waals surface area contributed by atoms with E-state index < -0.39 is 5.82 Å². The molecule has 0 spiro atoms. The molecule has 1 aromatic rings. The number of aromatic nitrogens is 1. The standard InChI is InChI=1S/C9H9FN2O/c1-6(2)13-9-8(10)4-7(11-3)5-12-9/h4-6H,1-2H3. The fourth-order valence-corrected chi connectivity index (χ4v) is 0.786. The monoisotopic (exact) mass is 180 g/mol. The van der Waals surface area contributed by atoms with Gasteiger partial charge in [-0.3, -0.25) is 0 Å². The van der Waals surface area contributed by atoms with Crippen molar-refractivity contribution in [2.24, 2.45) is 0 Å². The van der Waals surface area contributed by atoms with Crippen LogP contribution in [0.1, 0.15) is 13.8 Å². The normalized spacial score (nSPS) is 9.77. The molecule has 0 bridgehead atoms. The number of rotatable bonds is 2. The number of nitrogens with zero attached hydrogens (tertiary/aromatic N) is 2. The Morgan fingerprint density at radius 1 is 1.62 bits per heavy atom. The number of hydrogen-bond donors (Lipinski definition) is 0. The number of ether oxygens (including phenoxy) is 1. The SMILES string of the molecule is [C-]#[N+]c1cnc(OC(C)C)c(F)c1. The summed E-state index contributed by atoms with van der Waals surface area (Å²) in [5, 5.41) is 0. The minimum atomic E-state index is -0.595. The zero-order chi connectivity index (χ0) is 9.84. The van der Waals surface area contributed by atoms with E-state index in [-0.39, 0.29) is 17.7 Å². The highest BCUT2D eigenvalue weighted by atomic mass is 19.1. The Hall–Kier alpha value is -1.63. The average molecular weight is 180 g/mol. The second kappa shape index (κ2) is 3.85. The first kappa shape index (κ1) is 9.46. The van der Waals surface area contributed by atoms with Crippen LogP contribution in [-0.4, -0.2) is 11.1 Å². The van der Waals surface area contributed by atoms with E-state index in [0.29, 0.717) is 0 Å². The van der Waals surface area contributed by atoms with E-state index in [2.05, 4.69) is 9.83 Å². The van der Waals surface area contributed by atoms with Crippen molar-refractivity contribution in [1.29, 1.82) is 0 Å². The topological polar surface area (TPSA) is 26.5 Å². The summed E-state index contributed by atoms with van der Waals surface area (Å²) < 4.78 is 18.1. The molecule has 0 atom stereocenters. The first-order chi connectivity index (χ1) is 6.13. The van der Waals surface area contributed by atoms with Gasteiger partial charge in [0.15, 0.2) is 5.82 Å². The zero-order valence-corrected chi connectivity index (χ0v) is 7.41. The van der Waals surface area contributed by atoms with Gasteiger partial charge >= 0.3 is 0 Å². The van der Waals surface area contributed by atoms with E-state index in [1.54, 1.807) is 13.8 Å². The quantitative estimate of drug-likeness (QED) is 0.654. The lowest BCUT2D eigenvalue weighted by atomic mass is 10.4. The lowest BCUT2D eigenvalue weighted by Gasteiger charge is -2.08. The van der Waals surface area contributed by atoms with Gasteiger partial charge in [-0.05, 0) is 19.9 Å². The second-order valence-electron chi connectivity index (χ2n) is 2.76. The molecule has 0 saturated carbocycles. The van der Waals surface area contributed by atoms with E-state index in [0.717, 1.165) is 6.07 Å². The number of halogens is 1. The lowest BCUT2D eigenvalue weighted by Crippen LogP contribution is -2.08. The van der Waals surface area contributed by atoms with Crippen molar-refractivity contribution < 1.29 is 9.13 Å². The summed E-state index contributed by atoms with van der Waals surface area (Å²) >= 11 is 0. The summed E-state index contributed by atoms with van der Waals surface area (Å²) in [6, 6.07) is 1.11. The van der Waals surface area contributed by atoms with Gasteiger partial charge in [0.2, 0.25) is 11.6 Å². The molecule has 1 heterocycles. The smallest absolute Gasteiger partial charge is 0.248 e. The summed E-state index contributed by atoms with van der Waals surface area (Å²) in [6.07, 6.45) is 1.16. The van der Waals surface area contributed by atoms with Gasteiger partial charge in [-0.2, -0.15) is 0 Å². The fraction of sp³-hybridized carbons (Fsp3) is 0.333. The van der Waals surface area contributed by atoms with Gasteiger partial charge in [-0.15, -0.1) is 0 Å². The third-order valence-corrected chi connectivity index (χ3v) is 1.27. The molecule has 0 aliphatic rings. The van der Waals surface area contributed by atoms with Crippen LogP contribution in [0, 0.1) is 12.4 Å². The van der Waals surface area contributed by atoms with Crippen molar-refractivity contribution in [2.75, 3.05) is 0 Å². The fourth-order valence-electron chi connectivity index (χ4n) is 0.786. The Morgan fingerprint density at radius 2 is 2.31 bits per heavy atom. The van der Waals surface area contributed by atoms with Crippen molar-refractivity contribution in [1.82, 2.24) is 4.98 Å². The highest BCUT2D eigenvalue weighted by molar-refractivity contribution is 5.43. The molecule has 0 aliphatic heterocycles. The maximum absolute atomic E-state index is 13.1. The molecule has 0 unspecified atom stereocenters. The molecule has 1 aromatic heterocycles. The van der Waals surface area contributed by atoms with Gasteiger partial charge in [-0.1, -0.05) is 0 Å². The maximum atomic E-state index is 13.1. The van der Waals surface area contributed by atoms with Crippen molar-refractivity contribution in [3.63, 3.8) is 0 Å². The molecule has 68 valence electrons. The molecule has 0 aromatic carbocycles. The number of hydrogen-bond acceptors (Lipinski definition) is 2. The molecule has 13 heavy (non-hydrogen) atoms. The molecule has 0 saturated heterocycles. The summed E-state index contributed by atoms with van der Waals surface area (Å²) in [5.41, 5.74) is 0.175. The van der Waals surface area contributed by atoms with Crippen molar-refractivity contribution in [3.05, 3.63) is 29.5 Å². The summed E-state index contributed by atoms with van der Waals surface area (Å²) in [4.78, 5) is 6.72. The highest BCUT2D eigenvalue weighted by Gasteiger charge is 2.07. The van der Waals surface area contributed by atoms with Crippen LogP contribution in [0.3, 0.4) is 0 Å². The third-order valence-electron chi connectivity index (χ3n) is 1.27. The van der Waals surface area contributed by atoms with Crippen LogP contribution in [0.5, 0.6) is 5.88 Å². The first-order valence-electron chi connectivity index (χ1n) is 3.83. The minimum absolute atomic E-state index is 0.0533. The molecular weight excluding hydrogens is 171 g/mol. The molecule has 3 nitrogen and oxygen atoms in total. The van der Waals surface area contributed by atoms with Gasteiger partial charge in [0.1, 0.15) is 0 Å². The Labute approximate surface area is 76.0 Å². The van der Waals surface area contributed by atoms with Crippen LogP contribution < -0.4 is 4.74 Å². The maximum Gasteiger partial charge on any atom is 0.248 e. The van der Waals surface area contributed by atoms with E-state index >= 15 is 0 Å². The molecule has 0 N–H and O–H groups in total. The van der Waals surface area contributed by atoms with Gasteiger partial charge in [0.05, 0.1) is 12.7 Å².